The molecule has 0 bridgehead atoms. The highest BCUT2D eigenvalue weighted by Gasteiger charge is 2.50. The molecule has 0 amide bonds. The summed E-state index contributed by atoms with van der Waals surface area (Å²) in [5.74, 6) is 7.46. The Morgan fingerprint density at radius 2 is 1.08 bits per heavy atom. The molecule has 13 nitrogen and oxygen atoms in total. The van der Waals surface area contributed by atoms with Gasteiger partial charge in [0.1, 0.15) is 29.9 Å². The number of imidazole rings is 3. The maximum Gasteiger partial charge on any atom is 0.154 e. The van der Waals surface area contributed by atoms with Gasteiger partial charge in [-0.05, 0) is 78.6 Å². The largest absolute Gasteiger partial charge is 0.372 e. The molecule has 1 spiro atoms. The summed E-state index contributed by atoms with van der Waals surface area (Å²) in [6.07, 6.45) is 16.8. The van der Waals surface area contributed by atoms with Gasteiger partial charge in [-0.25, -0.2) is 19.6 Å². The summed E-state index contributed by atoms with van der Waals surface area (Å²) in [4.78, 5) is 32.1. The Morgan fingerprint density at radius 1 is 0.571 bits per heavy atom. The van der Waals surface area contributed by atoms with Crippen LogP contribution in [0.2, 0.25) is 0 Å². The number of likely N-dealkylation sites (tertiary alicyclic amines) is 1. The molecule has 0 radical (unpaired) electrons. The van der Waals surface area contributed by atoms with Crippen molar-refractivity contribution in [1.82, 2.24) is 43.3 Å². The highest BCUT2D eigenvalue weighted by Crippen LogP contribution is 2.41. The number of hydrogen-bond donors (Lipinski definition) is 0. The Morgan fingerprint density at radius 3 is 1.57 bits per heavy atom. The van der Waals surface area contributed by atoms with Gasteiger partial charge in [-0.1, -0.05) is 159 Å². The fourth-order valence-electron chi connectivity index (χ4n) is 9.87. The number of nitrogens with zero attached hydrogens (tertiary/aromatic N) is 11. The number of aryl methyl sites for hydroxylation is 2. The minimum Gasteiger partial charge on any atom is -0.372 e. The summed E-state index contributed by atoms with van der Waals surface area (Å²) in [6, 6.07) is 3.78. The first-order chi connectivity index (χ1) is 36.0. The predicted octanol–water partition coefficient (Wildman–Crippen LogP) is 17.1. The maximum atomic E-state index is 11.9. The van der Waals surface area contributed by atoms with Crippen molar-refractivity contribution in [3.63, 3.8) is 0 Å². The van der Waals surface area contributed by atoms with Gasteiger partial charge in [-0.3, -0.25) is 9.69 Å². The molecule has 1 saturated carbocycles. The number of Topliss-reactive ketones (excluding diaryl/α,β-unsaturated/α-hetero) is 1. The number of fused-ring (bicyclic) bond motifs is 4. The third-order valence-electron chi connectivity index (χ3n) is 12.9. The Labute approximate surface area is 479 Å². The van der Waals surface area contributed by atoms with Gasteiger partial charge in [0, 0.05) is 108 Å². The average Bonchev–Trinajstić information content (AvgIpc) is 4.27. The van der Waals surface area contributed by atoms with E-state index in [4.69, 9.17) is 4.74 Å². The van der Waals surface area contributed by atoms with E-state index in [-0.39, 0.29) is 21.8 Å². The smallest absolute Gasteiger partial charge is 0.154 e. The van der Waals surface area contributed by atoms with Crippen LogP contribution in [-0.2, 0) is 55.7 Å². The second-order valence-corrected chi connectivity index (χ2v) is 20.3. The first-order valence-corrected chi connectivity index (χ1v) is 30.5. The van der Waals surface area contributed by atoms with Gasteiger partial charge in [0.15, 0.2) is 5.78 Å². The molecule has 454 valence electrons. The molecule has 1 aliphatic carbocycles. The van der Waals surface area contributed by atoms with E-state index in [1.807, 2.05) is 108 Å². The Hall–Kier alpha value is -3.97. The van der Waals surface area contributed by atoms with E-state index in [1.165, 1.54) is 66.8 Å². The van der Waals surface area contributed by atoms with E-state index in [9.17, 15) is 4.79 Å². The van der Waals surface area contributed by atoms with E-state index in [0.717, 1.165) is 76.8 Å². The summed E-state index contributed by atoms with van der Waals surface area (Å²) < 4.78 is 14.1. The average molecular weight is 1090 g/mol. The minimum absolute atomic E-state index is 0. The molecular formula is C64H131N11O2. The van der Waals surface area contributed by atoms with E-state index >= 15 is 0 Å². The summed E-state index contributed by atoms with van der Waals surface area (Å²) in [5.41, 5.74) is 3.96. The summed E-state index contributed by atoms with van der Waals surface area (Å²) in [6.45, 7) is 60.5. The Kier molecular flexibility index (Phi) is 45.3. The molecule has 0 atom stereocenters. The van der Waals surface area contributed by atoms with Gasteiger partial charge in [0.05, 0.1) is 36.9 Å². The number of rotatable bonds is 5. The first-order valence-electron chi connectivity index (χ1n) is 30.5. The third kappa shape index (κ3) is 23.7. The lowest BCUT2D eigenvalue weighted by molar-refractivity contribution is -0.125. The lowest BCUT2D eigenvalue weighted by atomic mass is 9.92. The van der Waals surface area contributed by atoms with Crippen LogP contribution in [0.25, 0.3) is 0 Å². The van der Waals surface area contributed by atoms with Crippen molar-refractivity contribution in [2.45, 2.75) is 301 Å². The monoisotopic (exact) mass is 1090 g/mol. The van der Waals surface area contributed by atoms with Crippen LogP contribution >= 0.6 is 0 Å². The number of carbonyl (C=O) groups is 1. The van der Waals surface area contributed by atoms with Crippen molar-refractivity contribution in [3.8, 4) is 0 Å². The quantitative estimate of drug-likeness (QED) is 0.193. The highest BCUT2D eigenvalue weighted by molar-refractivity contribution is 5.91. The highest BCUT2D eigenvalue weighted by atomic mass is 16.5. The number of ether oxygens (including phenoxy) is 1. The fraction of sp³-hybridized carbons (Fsp3) is 0.797. The van der Waals surface area contributed by atoms with Crippen LogP contribution in [-0.4, -0.2) is 99.0 Å². The molecule has 0 aromatic carbocycles. The number of hydrogen-bond acceptors (Lipinski definition) is 9. The van der Waals surface area contributed by atoms with Crippen molar-refractivity contribution in [2.75, 3.05) is 36.0 Å². The van der Waals surface area contributed by atoms with Crippen LogP contribution in [0.4, 0.5) is 11.6 Å². The molecule has 0 unspecified atom stereocenters. The Bertz CT molecular complexity index is 2000. The van der Waals surface area contributed by atoms with Gasteiger partial charge in [-0.15, -0.1) is 0 Å². The van der Waals surface area contributed by atoms with Crippen molar-refractivity contribution in [2.24, 2.45) is 13.0 Å². The van der Waals surface area contributed by atoms with Crippen LogP contribution in [0.3, 0.4) is 0 Å². The lowest BCUT2D eigenvalue weighted by Gasteiger charge is -2.36. The molecule has 10 rings (SSSR count). The maximum absolute atomic E-state index is 11.9. The third-order valence-corrected chi connectivity index (χ3v) is 12.9. The van der Waals surface area contributed by atoms with Crippen molar-refractivity contribution >= 4 is 17.4 Å². The van der Waals surface area contributed by atoms with Gasteiger partial charge in [-0.2, -0.15) is 5.10 Å². The molecular weight excluding hydrogens is 955 g/mol. The molecule has 1 saturated heterocycles. The zero-order chi connectivity index (χ0) is 58.0. The van der Waals surface area contributed by atoms with E-state index in [2.05, 4.69) is 156 Å². The molecule has 2 fully saturated rings. The summed E-state index contributed by atoms with van der Waals surface area (Å²) in [7, 11) is 2.06. The SMILES string of the molecule is C.C.CC.CC.CC.CC.CC.CC.CC(C)C.CC(C)N1CCC(=O)C12CCCC2.CC(C)N1CCc2ncn(C)c21.CC(C)N1CCn2nccc21.CC(C)c1cnc2n1CCC2.CC(C)c1cnc2n1CCOC2.[2HH]. The van der Waals surface area contributed by atoms with Crippen molar-refractivity contribution in [3.05, 3.63) is 59.7 Å². The van der Waals surface area contributed by atoms with Gasteiger partial charge in [0.25, 0.3) is 0 Å². The van der Waals surface area contributed by atoms with E-state index in [0.29, 0.717) is 42.4 Å². The second kappa shape index (κ2) is 43.9. The minimum atomic E-state index is -0.0197. The topological polar surface area (TPSA) is 107 Å². The van der Waals surface area contributed by atoms with Crippen molar-refractivity contribution < 1.29 is 11.0 Å². The Balaban J connectivity index is -0.000000265. The van der Waals surface area contributed by atoms with Gasteiger partial charge < -0.3 is 28.2 Å². The molecule has 9 heterocycles. The van der Waals surface area contributed by atoms with Gasteiger partial charge in [0.2, 0.25) is 0 Å². The number of anilines is 2. The number of aromatic nitrogens is 8. The van der Waals surface area contributed by atoms with Crippen LogP contribution in [0.5, 0.6) is 0 Å². The van der Waals surface area contributed by atoms with E-state index < -0.39 is 0 Å². The molecule has 4 aromatic heterocycles. The van der Waals surface area contributed by atoms with Crippen LogP contribution in [0, 0.1) is 5.92 Å². The fourth-order valence-corrected chi connectivity index (χ4v) is 9.87. The zero-order valence-electron chi connectivity index (χ0n) is 53.9. The predicted molar refractivity (Wildman–Crippen MR) is 342 cm³/mol. The van der Waals surface area contributed by atoms with Crippen LogP contribution < -0.4 is 9.80 Å². The lowest BCUT2D eigenvalue weighted by Crippen LogP contribution is -2.49. The number of carbonyl (C=O) groups excluding carboxylic acids is 1. The van der Waals surface area contributed by atoms with E-state index in [1.54, 1.807) is 0 Å². The molecule has 77 heavy (non-hydrogen) atoms. The standard InChI is InChI=1S/C11H19NO.C9H15N3.C9H14N2O.C9H14N2.C8H13N3.C4H10.6C2H6.2CH4.H2/c1-9(2)12-8-5-10(13)11(12)6-3-4-7-11;1-7(2)12-5-4-8-9(12)11(3)6-10-8;1-7(2)8-5-10-9-6-12-4-3-11(8)9;1-7(2)8-6-10-9-4-3-5-11(8)9;1-7(2)10-5-6-11-8(10)3-4-9-11;1-4(2)3;6*1-2;;;/h9H,3-8H2,1-2H3;6-7H,4-5H2,1-3H3;5,7H,3-4,6H2,1-2H3;6-7H,3-5H2,1-2H3;3-4,7H,5-6H2,1-2H3;4H,1-3H3;6*1-2H3;2*1H4;1H/i;;;;;;;;;;;;;;1+1. The molecule has 13 heteroatoms. The van der Waals surface area contributed by atoms with Crippen molar-refractivity contribution in [1.29, 1.82) is 0 Å². The summed E-state index contributed by atoms with van der Waals surface area (Å²) in [5, 5.41) is 4.20. The number of ketones is 1. The first kappa shape index (κ1) is 79.5. The van der Waals surface area contributed by atoms with Crippen LogP contribution in [0.1, 0.15) is 268 Å². The van der Waals surface area contributed by atoms with Crippen LogP contribution in [0.15, 0.2) is 31.0 Å². The molecule has 0 N–H and O–H groups in total. The molecule has 6 aliphatic rings. The molecule has 4 aromatic rings. The normalized spacial score (nSPS) is 15.3. The second-order valence-electron chi connectivity index (χ2n) is 20.3. The van der Waals surface area contributed by atoms with Gasteiger partial charge >= 0.3 is 0 Å². The zero-order valence-corrected chi connectivity index (χ0v) is 53.9. The summed E-state index contributed by atoms with van der Waals surface area (Å²) >= 11 is 0. The molecule has 5 aliphatic heterocycles.